The number of ether oxygens (including phenoxy) is 2. The minimum absolute atomic E-state index is 0.217. The van der Waals surface area contributed by atoms with Crippen molar-refractivity contribution in [1.29, 1.82) is 0 Å². The number of carbonyl (C=O) groups is 1. The highest BCUT2D eigenvalue weighted by Gasteiger charge is 2.37. The first-order chi connectivity index (χ1) is 15.2. The molecule has 0 bridgehead atoms. The number of nitrogens with one attached hydrogen (secondary N) is 1. The topological polar surface area (TPSA) is 84.9 Å². The summed E-state index contributed by atoms with van der Waals surface area (Å²) in [7, 11) is -2.37. The zero-order chi connectivity index (χ0) is 23.4. The average molecular weight is 481 g/mol. The summed E-state index contributed by atoms with van der Waals surface area (Å²) in [4.78, 5) is 13.2. The second kappa shape index (κ2) is 10.1. The van der Waals surface area contributed by atoms with Crippen LogP contribution in [0.3, 0.4) is 0 Å². The number of sulfonamides is 1. The van der Waals surface area contributed by atoms with Gasteiger partial charge in [0.15, 0.2) is 0 Å². The van der Waals surface area contributed by atoms with Gasteiger partial charge in [-0.15, -0.1) is 0 Å². The Balaban J connectivity index is 1.86. The molecule has 1 heterocycles. The average Bonchev–Trinajstić information content (AvgIpc) is 2.78. The van der Waals surface area contributed by atoms with Crippen LogP contribution in [0.25, 0.3) is 0 Å². The third-order valence-electron chi connectivity index (χ3n) is 5.90. The minimum atomic E-state index is -3.81. The fourth-order valence-electron chi connectivity index (χ4n) is 4.14. The van der Waals surface area contributed by atoms with Gasteiger partial charge in [-0.05, 0) is 43.5 Å². The molecule has 174 valence electrons. The van der Waals surface area contributed by atoms with E-state index in [0.29, 0.717) is 30.5 Å². The summed E-state index contributed by atoms with van der Waals surface area (Å²) in [5.41, 5.74) is 1.08. The van der Waals surface area contributed by atoms with E-state index < -0.39 is 22.0 Å². The molecule has 0 aromatic heterocycles. The van der Waals surface area contributed by atoms with E-state index in [0.717, 1.165) is 29.0 Å². The van der Waals surface area contributed by atoms with E-state index in [1.807, 2.05) is 18.2 Å². The maximum atomic E-state index is 13.2. The number of benzene rings is 2. The summed E-state index contributed by atoms with van der Waals surface area (Å²) in [6, 6.07) is 13.7. The van der Waals surface area contributed by atoms with Gasteiger partial charge in [0.1, 0.15) is 11.8 Å². The molecule has 1 amide bonds. The minimum Gasteiger partial charge on any atom is -0.495 e. The summed E-state index contributed by atoms with van der Waals surface area (Å²) in [5, 5.41) is 3.33. The SMILES string of the molecule is COc1ccc(Cl)cc1N(C(C)C(=O)NCC1(c2ccccc2)CCOCC1)S(C)(=O)=O. The predicted octanol–water partition coefficient (Wildman–Crippen LogP) is 3.37. The maximum Gasteiger partial charge on any atom is 0.243 e. The third kappa shape index (κ3) is 5.36. The zero-order valence-electron chi connectivity index (χ0n) is 18.5. The molecule has 9 heteroatoms. The van der Waals surface area contributed by atoms with Gasteiger partial charge in [-0.3, -0.25) is 9.10 Å². The fraction of sp³-hybridized carbons (Fsp3) is 0.435. The third-order valence-corrected chi connectivity index (χ3v) is 7.37. The first kappa shape index (κ1) is 24.4. The largest absolute Gasteiger partial charge is 0.495 e. The molecule has 0 spiro atoms. The van der Waals surface area contributed by atoms with E-state index in [1.165, 1.54) is 13.2 Å². The summed E-state index contributed by atoms with van der Waals surface area (Å²) in [6.07, 6.45) is 2.59. The fourth-order valence-corrected chi connectivity index (χ4v) is 5.48. The normalized spacial score (nSPS) is 16.8. The van der Waals surface area contributed by atoms with E-state index >= 15 is 0 Å². The molecular weight excluding hydrogens is 452 g/mol. The van der Waals surface area contributed by atoms with Crippen LogP contribution < -0.4 is 14.4 Å². The van der Waals surface area contributed by atoms with Gasteiger partial charge in [-0.1, -0.05) is 41.9 Å². The van der Waals surface area contributed by atoms with E-state index in [9.17, 15) is 13.2 Å². The molecule has 0 radical (unpaired) electrons. The van der Waals surface area contributed by atoms with Crippen LogP contribution in [0.15, 0.2) is 48.5 Å². The Morgan fingerprint density at radius 3 is 2.47 bits per heavy atom. The van der Waals surface area contributed by atoms with Gasteiger partial charge in [0.2, 0.25) is 15.9 Å². The van der Waals surface area contributed by atoms with Gasteiger partial charge in [-0.25, -0.2) is 8.42 Å². The lowest BCUT2D eigenvalue weighted by Gasteiger charge is -2.38. The standard InChI is InChI=1S/C23H29ClN2O5S/c1-17(26(32(3,28)29)20-15-19(24)9-10-21(20)30-2)22(27)25-16-23(11-13-31-14-12-23)18-7-5-4-6-8-18/h4-10,15,17H,11-14,16H2,1-3H3,(H,25,27). The number of hydrogen-bond donors (Lipinski definition) is 1. The van der Waals surface area contributed by atoms with Crippen LogP contribution >= 0.6 is 11.6 Å². The van der Waals surface area contributed by atoms with Crippen molar-refractivity contribution in [3.8, 4) is 5.75 Å². The van der Waals surface area contributed by atoms with E-state index in [1.54, 1.807) is 19.1 Å². The number of rotatable bonds is 8. The Bertz CT molecular complexity index is 1040. The molecule has 2 aromatic carbocycles. The maximum absolute atomic E-state index is 13.2. The van der Waals surface area contributed by atoms with Crippen molar-refractivity contribution in [3.05, 3.63) is 59.1 Å². The van der Waals surface area contributed by atoms with Crippen LogP contribution in [0, 0.1) is 0 Å². The van der Waals surface area contributed by atoms with Crippen molar-refractivity contribution in [1.82, 2.24) is 5.32 Å². The molecular formula is C23H29ClN2O5S. The van der Waals surface area contributed by atoms with Crippen LogP contribution in [0.1, 0.15) is 25.3 Å². The highest BCUT2D eigenvalue weighted by molar-refractivity contribution is 7.92. The molecule has 2 aromatic rings. The van der Waals surface area contributed by atoms with Crippen LogP contribution in [-0.4, -0.2) is 53.5 Å². The molecule has 0 aliphatic carbocycles. The first-order valence-electron chi connectivity index (χ1n) is 10.4. The Morgan fingerprint density at radius 2 is 1.88 bits per heavy atom. The molecule has 32 heavy (non-hydrogen) atoms. The number of anilines is 1. The molecule has 1 aliphatic rings. The van der Waals surface area contributed by atoms with Gasteiger partial charge in [-0.2, -0.15) is 0 Å². The quantitative estimate of drug-likeness (QED) is 0.626. The van der Waals surface area contributed by atoms with Gasteiger partial charge >= 0.3 is 0 Å². The molecule has 1 atom stereocenters. The monoisotopic (exact) mass is 480 g/mol. The van der Waals surface area contributed by atoms with Crippen LogP contribution in [0.5, 0.6) is 5.75 Å². The number of methoxy groups -OCH3 is 1. The highest BCUT2D eigenvalue weighted by atomic mass is 35.5. The van der Waals surface area contributed by atoms with Crippen LogP contribution in [0.2, 0.25) is 5.02 Å². The molecule has 7 nitrogen and oxygen atoms in total. The summed E-state index contributed by atoms with van der Waals surface area (Å²) < 4.78 is 37.3. The Kier molecular flexibility index (Phi) is 7.69. The first-order valence-corrected chi connectivity index (χ1v) is 12.6. The van der Waals surface area contributed by atoms with E-state index in [-0.39, 0.29) is 11.1 Å². The molecule has 1 unspecified atom stereocenters. The molecule has 3 rings (SSSR count). The van der Waals surface area contributed by atoms with Crippen molar-refractivity contribution in [2.45, 2.75) is 31.2 Å². The van der Waals surface area contributed by atoms with Crippen molar-refractivity contribution in [2.75, 3.05) is 37.4 Å². The number of nitrogens with zero attached hydrogens (tertiary/aromatic N) is 1. The van der Waals surface area contributed by atoms with Gasteiger partial charge in [0, 0.05) is 30.2 Å². The molecule has 1 N–H and O–H groups in total. The zero-order valence-corrected chi connectivity index (χ0v) is 20.1. The summed E-state index contributed by atoms with van der Waals surface area (Å²) >= 11 is 6.11. The van der Waals surface area contributed by atoms with Gasteiger partial charge in [0.05, 0.1) is 19.1 Å². The lowest BCUT2D eigenvalue weighted by molar-refractivity contribution is -0.122. The lowest BCUT2D eigenvalue weighted by Crippen LogP contribution is -2.52. The van der Waals surface area contributed by atoms with Crippen molar-refractivity contribution in [2.24, 2.45) is 0 Å². The smallest absolute Gasteiger partial charge is 0.243 e. The Morgan fingerprint density at radius 1 is 1.22 bits per heavy atom. The van der Waals surface area contributed by atoms with Crippen LogP contribution in [0.4, 0.5) is 5.69 Å². The molecule has 1 fully saturated rings. The molecule has 1 aliphatic heterocycles. The van der Waals surface area contributed by atoms with Crippen molar-refractivity contribution >= 4 is 33.2 Å². The molecule has 0 saturated carbocycles. The molecule has 1 saturated heterocycles. The summed E-state index contributed by atoms with van der Waals surface area (Å²) in [5.74, 6) is -0.0936. The van der Waals surface area contributed by atoms with Gasteiger partial charge < -0.3 is 14.8 Å². The second-order valence-corrected chi connectivity index (χ2v) is 10.3. The van der Waals surface area contributed by atoms with Crippen LogP contribution in [-0.2, 0) is 25.0 Å². The Labute approximate surface area is 194 Å². The summed E-state index contributed by atoms with van der Waals surface area (Å²) in [6.45, 7) is 3.15. The second-order valence-electron chi connectivity index (χ2n) is 8.03. The Hall–Kier alpha value is -2.29. The van der Waals surface area contributed by atoms with E-state index in [2.05, 4.69) is 17.4 Å². The van der Waals surface area contributed by atoms with Gasteiger partial charge in [0.25, 0.3) is 0 Å². The number of amides is 1. The number of hydrogen-bond acceptors (Lipinski definition) is 5. The number of carbonyl (C=O) groups excluding carboxylic acids is 1. The van der Waals surface area contributed by atoms with Crippen molar-refractivity contribution < 1.29 is 22.7 Å². The number of halogens is 1. The van der Waals surface area contributed by atoms with Crippen molar-refractivity contribution in [3.63, 3.8) is 0 Å². The predicted molar refractivity (Wildman–Crippen MR) is 126 cm³/mol. The lowest BCUT2D eigenvalue weighted by atomic mass is 9.74. The van der Waals surface area contributed by atoms with E-state index in [4.69, 9.17) is 21.1 Å². The highest BCUT2D eigenvalue weighted by Crippen LogP contribution is 2.36.